The van der Waals surface area contributed by atoms with Crippen molar-refractivity contribution in [3.8, 4) is 28.4 Å². The number of aromatic nitrogens is 1. The Balaban J connectivity index is 1.31. The van der Waals surface area contributed by atoms with E-state index in [1.807, 2.05) is 51.1 Å². The summed E-state index contributed by atoms with van der Waals surface area (Å²) >= 11 is 0. The quantitative estimate of drug-likeness (QED) is 0.253. The third-order valence-electron chi connectivity index (χ3n) is 7.20. The zero-order chi connectivity index (χ0) is 30.6. The standard InChI is InChI=1S/C34H45FN4O4/c1-5-41-31-8-9-33(34(20-31)42-15-14-39-12-10-38(4)11-13-39)27-6-7-29(37-22-27)19-30(40)23-36-21-26-16-28(35)18-32(17-26)43-24-25(2)3/h6-9,16-18,20,22,25,36H,5,10-15,19,21,23-24H2,1-4H3. The van der Waals surface area contributed by atoms with E-state index in [0.29, 0.717) is 43.7 Å². The fraction of sp³-hybridized carbons (Fsp3) is 0.471. The molecule has 1 aromatic heterocycles. The van der Waals surface area contributed by atoms with E-state index in [-0.39, 0.29) is 24.6 Å². The van der Waals surface area contributed by atoms with Crippen molar-refractivity contribution in [3.05, 3.63) is 71.8 Å². The fourth-order valence-electron chi connectivity index (χ4n) is 4.84. The Morgan fingerprint density at radius 2 is 1.81 bits per heavy atom. The smallest absolute Gasteiger partial charge is 0.152 e. The summed E-state index contributed by atoms with van der Waals surface area (Å²) in [6.07, 6.45) is 1.99. The van der Waals surface area contributed by atoms with Crippen molar-refractivity contribution in [2.24, 2.45) is 5.92 Å². The third kappa shape index (κ3) is 10.6. The summed E-state index contributed by atoms with van der Waals surface area (Å²) in [6, 6.07) is 14.3. The SMILES string of the molecule is CCOc1ccc(-c2ccc(CC(=O)CNCc3cc(F)cc(OCC(C)C)c3)nc2)c(OCCN2CCN(C)CC2)c1. The summed E-state index contributed by atoms with van der Waals surface area (Å²) in [4.78, 5) is 22.0. The number of hydrogen-bond acceptors (Lipinski definition) is 8. The average molecular weight is 593 g/mol. The van der Waals surface area contributed by atoms with Crippen LogP contribution in [0.5, 0.6) is 17.2 Å². The highest BCUT2D eigenvalue weighted by atomic mass is 19.1. The predicted molar refractivity (Wildman–Crippen MR) is 167 cm³/mol. The van der Waals surface area contributed by atoms with Crippen LogP contribution in [0.15, 0.2) is 54.7 Å². The lowest BCUT2D eigenvalue weighted by Crippen LogP contribution is -2.45. The van der Waals surface area contributed by atoms with Gasteiger partial charge in [0.15, 0.2) is 5.78 Å². The maximum atomic E-state index is 14.0. The number of ether oxygens (including phenoxy) is 3. The van der Waals surface area contributed by atoms with Gasteiger partial charge in [0.1, 0.15) is 29.7 Å². The Labute approximate surface area is 255 Å². The molecule has 2 heterocycles. The van der Waals surface area contributed by atoms with Crippen LogP contribution in [0.25, 0.3) is 11.1 Å². The summed E-state index contributed by atoms with van der Waals surface area (Å²) in [7, 11) is 2.15. The minimum Gasteiger partial charge on any atom is -0.494 e. The predicted octanol–water partition coefficient (Wildman–Crippen LogP) is 4.85. The number of ketones is 1. The van der Waals surface area contributed by atoms with Gasteiger partial charge in [0, 0.05) is 74.4 Å². The molecular formula is C34H45FN4O4. The summed E-state index contributed by atoms with van der Waals surface area (Å²) in [5.74, 6) is 2.01. The number of Topliss-reactive ketones (excluding diaryl/α,β-unsaturated/α-hetero) is 1. The molecule has 0 radical (unpaired) electrons. The number of nitrogens with zero attached hydrogens (tertiary/aromatic N) is 3. The van der Waals surface area contributed by atoms with Gasteiger partial charge in [-0.2, -0.15) is 0 Å². The zero-order valence-corrected chi connectivity index (χ0v) is 25.9. The van der Waals surface area contributed by atoms with Crippen molar-refractivity contribution in [3.63, 3.8) is 0 Å². The van der Waals surface area contributed by atoms with Crippen LogP contribution >= 0.6 is 0 Å². The molecule has 3 aromatic rings. The number of likely N-dealkylation sites (N-methyl/N-ethyl adjacent to an activating group) is 1. The minimum absolute atomic E-state index is 0.00179. The lowest BCUT2D eigenvalue weighted by Gasteiger charge is -2.32. The molecule has 9 heteroatoms. The number of carbonyl (C=O) groups excluding carboxylic acids is 1. The summed E-state index contributed by atoms with van der Waals surface area (Å²) in [6.45, 7) is 13.4. The van der Waals surface area contributed by atoms with Crippen molar-refractivity contribution in [2.75, 3.05) is 66.1 Å². The van der Waals surface area contributed by atoms with Crippen LogP contribution in [0.1, 0.15) is 32.0 Å². The molecule has 0 saturated carbocycles. The number of halogens is 1. The second-order valence-corrected chi connectivity index (χ2v) is 11.4. The molecule has 1 fully saturated rings. The van der Waals surface area contributed by atoms with Crippen molar-refractivity contribution in [1.82, 2.24) is 20.1 Å². The fourth-order valence-corrected chi connectivity index (χ4v) is 4.84. The van der Waals surface area contributed by atoms with E-state index in [4.69, 9.17) is 14.2 Å². The first kappa shape index (κ1) is 32.4. The molecular weight excluding hydrogens is 547 g/mol. The monoisotopic (exact) mass is 592 g/mol. The van der Waals surface area contributed by atoms with E-state index < -0.39 is 0 Å². The van der Waals surface area contributed by atoms with Gasteiger partial charge in [0.25, 0.3) is 0 Å². The zero-order valence-electron chi connectivity index (χ0n) is 25.9. The molecule has 0 aliphatic carbocycles. The van der Waals surface area contributed by atoms with Crippen molar-refractivity contribution < 1.29 is 23.4 Å². The largest absolute Gasteiger partial charge is 0.494 e. The van der Waals surface area contributed by atoms with Gasteiger partial charge in [-0.3, -0.25) is 14.7 Å². The number of nitrogens with one attached hydrogen (secondary N) is 1. The number of pyridine rings is 1. The molecule has 4 rings (SSSR count). The molecule has 1 aliphatic rings. The number of hydrogen-bond donors (Lipinski definition) is 1. The molecule has 232 valence electrons. The van der Waals surface area contributed by atoms with E-state index in [2.05, 4.69) is 27.1 Å². The first-order chi connectivity index (χ1) is 20.8. The van der Waals surface area contributed by atoms with Gasteiger partial charge in [0.2, 0.25) is 0 Å². The minimum atomic E-state index is -0.357. The van der Waals surface area contributed by atoms with Gasteiger partial charge in [0.05, 0.1) is 26.2 Å². The summed E-state index contributed by atoms with van der Waals surface area (Å²) in [5.41, 5.74) is 3.26. The topological polar surface area (TPSA) is 76.2 Å². The number of rotatable bonds is 16. The van der Waals surface area contributed by atoms with Crippen LogP contribution in [-0.4, -0.2) is 86.7 Å². The van der Waals surface area contributed by atoms with E-state index >= 15 is 0 Å². The molecule has 0 unspecified atom stereocenters. The second kappa shape index (κ2) is 16.4. The molecule has 1 N–H and O–H groups in total. The van der Waals surface area contributed by atoms with Gasteiger partial charge in [-0.05, 0) is 55.8 Å². The molecule has 0 atom stereocenters. The summed E-state index contributed by atoms with van der Waals surface area (Å²) in [5, 5.41) is 3.11. The molecule has 0 spiro atoms. The highest BCUT2D eigenvalue weighted by molar-refractivity contribution is 5.82. The Hall–Kier alpha value is -3.53. The lowest BCUT2D eigenvalue weighted by molar-refractivity contribution is -0.117. The van der Waals surface area contributed by atoms with Gasteiger partial charge < -0.3 is 24.4 Å². The first-order valence-electron chi connectivity index (χ1n) is 15.2. The van der Waals surface area contributed by atoms with Gasteiger partial charge in [-0.15, -0.1) is 0 Å². The van der Waals surface area contributed by atoms with Crippen molar-refractivity contribution >= 4 is 5.78 Å². The van der Waals surface area contributed by atoms with E-state index in [0.717, 1.165) is 60.9 Å². The molecule has 0 bridgehead atoms. The Bertz CT molecular complexity index is 1310. The number of carbonyl (C=O) groups is 1. The van der Waals surface area contributed by atoms with Crippen LogP contribution in [0, 0.1) is 11.7 Å². The number of piperazine rings is 1. The van der Waals surface area contributed by atoms with Crippen LogP contribution in [-0.2, 0) is 17.8 Å². The second-order valence-electron chi connectivity index (χ2n) is 11.4. The van der Waals surface area contributed by atoms with Crippen molar-refractivity contribution in [1.29, 1.82) is 0 Å². The number of benzene rings is 2. The maximum Gasteiger partial charge on any atom is 0.152 e. The van der Waals surface area contributed by atoms with Crippen LogP contribution in [0.4, 0.5) is 4.39 Å². The lowest BCUT2D eigenvalue weighted by atomic mass is 10.1. The van der Waals surface area contributed by atoms with E-state index in [1.54, 1.807) is 12.3 Å². The highest BCUT2D eigenvalue weighted by Crippen LogP contribution is 2.33. The first-order valence-corrected chi connectivity index (χ1v) is 15.2. The van der Waals surface area contributed by atoms with Gasteiger partial charge in [-0.25, -0.2) is 4.39 Å². The normalized spacial score (nSPS) is 14.2. The molecule has 1 aliphatic heterocycles. The molecule has 2 aromatic carbocycles. The third-order valence-corrected chi connectivity index (χ3v) is 7.20. The molecule has 1 saturated heterocycles. The Morgan fingerprint density at radius 1 is 1.00 bits per heavy atom. The molecule has 8 nitrogen and oxygen atoms in total. The van der Waals surface area contributed by atoms with Crippen LogP contribution in [0.2, 0.25) is 0 Å². The van der Waals surface area contributed by atoms with Crippen LogP contribution in [0.3, 0.4) is 0 Å². The average Bonchev–Trinajstić information content (AvgIpc) is 2.98. The Morgan fingerprint density at radius 3 is 2.53 bits per heavy atom. The maximum absolute atomic E-state index is 14.0. The summed E-state index contributed by atoms with van der Waals surface area (Å²) < 4.78 is 31.6. The van der Waals surface area contributed by atoms with E-state index in [9.17, 15) is 9.18 Å². The van der Waals surface area contributed by atoms with Gasteiger partial charge >= 0.3 is 0 Å². The van der Waals surface area contributed by atoms with Crippen LogP contribution < -0.4 is 19.5 Å². The van der Waals surface area contributed by atoms with E-state index in [1.165, 1.54) is 12.1 Å². The Kier molecular flexibility index (Phi) is 12.3. The molecule has 0 amide bonds. The van der Waals surface area contributed by atoms with Crippen molar-refractivity contribution in [2.45, 2.75) is 33.7 Å². The van der Waals surface area contributed by atoms with Gasteiger partial charge in [-0.1, -0.05) is 19.9 Å². The molecule has 43 heavy (non-hydrogen) atoms. The highest BCUT2D eigenvalue weighted by Gasteiger charge is 2.15.